The van der Waals surface area contributed by atoms with Gasteiger partial charge in [0.2, 0.25) is 0 Å². The number of hydrogen-bond donors (Lipinski definition) is 2. The smallest absolute Gasteiger partial charge is 0.267 e. The van der Waals surface area contributed by atoms with Gasteiger partial charge in [-0.2, -0.15) is 15.3 Å². The summed E-state index contributed by atoms with van der Waals surface area (Å²) in [5.74, 6) is -1.55. The largest absolute Gasteiger partial charge is 0.396 e. The van der Waals surface area contributed by atoms with E-state index in [1.54, 1.807) is 41.4 Å². The van der Waals surface area contributed by atoms with Gasteiger partial charge in [0.1, 0.15) is 17.3 Å². The monoisotopic (exact) mass is 610 g/mol. The number of nitrogens with two attached hydrogens (primary N) is 1. The summed E-state index contributed by atoms with van der Waals surface area (Å²) in [5, 5.41) is 17.9. The van der Waals surface area contributed by atoms with Gasteiger partial charge in [-0.3, -0.25) is 14.7 Å². The summed E-state index contributed by atoms with van der Waals surface area (Å²) in [6.07, 6.45) is 1.57. The van der Waals surface area contributed by atoms with E-state index in [2.05, 4.69) is 27.1 Å². The van der Waals surface area contributed by atoms with Crippen LogP contribution in [-0.4, -0.2) is 63.8 Å². The van der Waals surface area contributed by atoms with Crippen molar-refractivity contribution >= 4 is 34.9 Å². The van der Waals surface area contributed by atoms with Crippen LogP contribution in [0.4, 0.5) is 14.5 Å². The Morgan fingerprint density at radius 3 is 2.49 bits per heavy atom. The average Bonchev–Trinajstić information content (AvgIpc) is 3.48. The maximum absolute atomic E-state index is 13.8. The third kappa shape index (κ3) is 6.33. The van der Waals surface area contributed by atoms with Crippen molar-refractivity contribution in [2.45, 2.75) is 6.54 Å². The maximum Gasteiger partial charge on any atom is 0.267 e. The van der Waals surface area contributed by atoms with Crippen molar-refractivity contribution in [3.8, 4) is 11.3 Å². The Morgan fingerprint density at radius 2 is 1.78 bits per heavy atom. The van der Waals surface area contributed by atoms with E-state index >= 15 is 0 Å². The summed E-state index contributed by atoms with van der Waals surface area (Å²) in [6.45, 7) is 5.88. The second-order valence-corrected chi connectivity index (χ2v) is 10.3. The number of fused-ring (bicyclic) bond motifs is 1. The molecular weight excluding hydrogens is 582 g/mol. The lowest BCUT2D eigenvalue weighted by Gasteiger charge is -2.27. The first-order valence-corrected chi connectivity index (χ1v) is 14.0. The van der Waals surface area contributed by atoms with E-state index in [1.165, 1.54) is 21.8 Å². The molecule has 3 heterocycles. The van der Waals surface area contributed by atoms with Crippen molar-refractivity contribution in [3.63, 3.8) is 0 Å². The van der Waals surface area contributed by atoms with Crippen molar-refractivity contribution in [2.24, 2.45) is 10.8 Å². The Hall–Kier alpha value is -5.69. The molecule has 45 heavy (non-hydrogen) atoms. The summed E-state index contributed by atoms with van der Waals surface area (Å²) in [7, 11) is 0. The van der Waals surface area contributed by atoms with Crippen molar-refractivity contribution in [1.29, 1.82) is 0 Å². The summed E-state index contributed by atoms with van der Waals surface area (Å²) >= 11 is 0. The van der Waals surface area contributed by atoms with Gasteiger partial charge in [-0.05, 0) is 60.2 Å². The fourth-order valence-electron chi connectivity index (χ4n) is 5.07. The molecule has 3 aromatic carbocycles. The van der Waals surface area contributed by atoms with Crippen molar-refractivity contribution in [3.05, 3.63) is 118 Å². The van der Waals surface area contributed by atoms with Gasteiger partial charge in [0.25, 0.3) is 11.5 Å². The van der Waals surface area contributed by atoms with E-state index in [-0.39, 0.29) is 35.0 Å². The molecule has 2 aromatic heterocycles. The molecule has 1 aliphatic heterocycles. The predicted octanol–water partition coefficient (Wildman–Crippen LogP) is 3.96. The lowest BCUT2D eigenvalue weighted by atomic mass is 10.1. The van der Waals surface area contributed by atoms with Gasteiger partial charge < -0.3 is 15.4 Å². The number of rotatable bonds is 8. The van der Waals surface area contributed by atoms with Crippen LogP contribution in [0, 0.1) is 11.6 Å². The van der Waals surface area contributed by atoms with Gasteiger partial charge >= 0.3 is 0 Å². The zero-order chi connectivity index (χ0) is 31.5. The first kappa shape index (κ1) is 29.4. The highest BCUT2D eigenvalue weighted by Crippen LogP contribution is 2.25. The minimum Gasteiger partial charge on any atom is -0.396 e. The molecule has 1 aliphatic rings. The highest BCUT2D eigenvalue weighted by Gasteiger charge is 2.19. The lowest BCUT2D eigenvalue weighted by molar-refractivity contribution is 0.0303. The van der Waals surface area contributed by atoms with Gasteiger partial charge in [0.15, 0.2) is 0 Å². The van der Waals surface area contributed by atoms with E-state index in [4.69, 9.17) is 10.5 Å². The van der Waals surface area contributed by atoms with Gasteiger partial charge in [-0.25, -0.2) is 18.5 Å². The zero-order valence-corrected chi connectivity index (χ0v) is 24.0. The highest BCUT2D eigenvalue weighted by molar-refractivity contribution is 5.95. The van der Waals surface area contributed by atoms with Crippen molar-refractivity contribution in [2.75, 3.05) is 31.3 Å². The second-order valence-electron chi connectivity index (χ2n) is 10.3. The van der Waals surface area contributed by atoms with Crippen molar-refractivity contribution in [1.82, 2.24) is 24.9 Å². The van der Waals surface area contributed by atoms with Crippen LogP contribution in [0.3, 0.4) is 0 Å². The Balaban J connectivity index is 1.24. The quantitative estimate of drug-likeness (QED) is 0.201. The maximum atomic E-state index is 13.8. The van der Waals surface area contributed by atoms with Crippen molar-refractivity contribution < 1.29 is 18.3 Å². The number of aromatic nitrogens is 4. The van der Waals surface area contributed by atoms with E-state index in [9.17, 15) is 18.4 Å². The number of anilines is 1. The minimum absolute atomic E-state index is 0.0659. The summed E-state index contributed by atoms with van der Waals surface area (Å²) in [6, 6.07) is 18.2. The van der Waals surface area contributed by atoms with E-state index in [1.807, 2.05) is 12.1 Å². The van der Waals surface area contributed by atoms with Crippen LogP contribution in [0.2, 0.25) is 0 Å². The molecule has 6 rings (SSSR count). The summed E-state index contributed by atoms with van der Waals surface area (Å²) < 4.78 is 34.1. The molecule has 13 heteroatoms. The van der Waals surface area contributed by atoms with E-state index < -0.39 is 11.6 Å². The Labute approximate surface area is 255 Å². The molecule has 11 nitrogen and oxygen atoms in total. The summed E-state index contributed by atoms with van der Waals surface area (Å²) in [5.41, 5.74) is 9.90. The van der Waals surface area contributed by atoms with Gasteiger partial charge in [-0.15, -0.1) is 0 Å². The number of nitrogens with zero attached hydrogens (tertiary/aromatic N) is 6. The second kappa shape index (κ2) is 12.5. The number of benzene rings is 3. The Bertz CT molecular complexity index is 1960. The van der Waals surface area contributed by atoms with E-state index in [0.717, 1.165) is 18.2 Å². The van der Waals surface area contributed by atoms with Gasteiger partial charge in [-0.1, -0.05) is 6.07 Å². The molecule has 1 saturated heterocycles. The first-order chi connectivity index (χ1) is 21.8. The zero-order valence-electron chi connectivity index (χ0n) is 24.0. The normalized spacial score (nSPS) is 13.6. The lowest BCUT2D eigenvalue weighted by Crippen LogP contribution is -2.40. The Morgan fingerprint density at radius 1 is 1.04 bits per heavy atom. The standard InChI is InChI=1S/C32H28F2N8O3/c1-36-41(25-5-3-21(4-6-25)32(44)40-10-12-45-13-11-40)19-27(35)31-26-14-20(2-7-29(26)37-38-31)18-42-30(43)9-8-28(39-42)22-15-23(33)17-24(34)16-22/h2-9,14-17,19H,1,10-13,18,35H2,(H,37,38)/b27-19-. The molecule has 0 aliphatic carbocycles. The van der Waals surface area contributed by atoms with Crippen LogP contribution < -0.4 is 16.3 Å². The number of halogens is 2. The topological polar surface area (TPSA) is 135 Å². The number of aromatic amines is 1. The minimum atomic E-state index is -0.741. The fraction of sp³-hybridized carbons (Fsp3) is 0.156. The molecule has 228 valence electrons. The Kier molecular flexibility index (Phi) is 8.16. The molecule has 3 N–H and O–H groups in total. The van der Waals surface area contributed by atoms with Crippen LogP contribution >= 0.6 is 0 Å². The molecule has 1 fully saturated rings. The molecule has 0 atom stereocenters. The van der Waals surface area contributed by atoms with Gasteiger partial charge in [0, 0.05) is 48.5 Å². The predicted molar refractivity (Wildman–Crippen MR) is 166 cm³/mol. The first-order valence-electron chi connectivity index (χ1n) is 14.0. The third-order valence-corrected chi connectivity index (χ3v) is 7.35. The number of ether oxygens (including phenoxy) is 1. The molecule has 5 aromatic rings. The molecule has 1 amide bonds. The number of morpholine rings is 1. The molecule has 0 unspecified atom stereocenters. The van der Waals surface area contributed by atoms with Crippen LogP contribution in [0.15, 0.2) is 88.9 Å². The third-order valence-electron chi connectivity index (χ3n) is 7.35. The molecule has 0 radical (unpaired) electrons. The molecule has 0 saturated carbocycles. The SMILES string of the molecule is C=NN(/C=C(\N)c1n[nH]c2ccc(Cn3nc(-c4cc(F)cc(F)c4)ccc3=O)cc12)c1ccc(C(=O)N2CCOCC2)cc1. The highest BCUT2D eigenvalue weighted by atomic mass is 19.1. The molecule has 0 bridgehead atoms. The van der Waals surface area contributed by atoms with E-state index in [0.29, 0.717) is 59.7 Å². The average molecular weight is 611 g/mol. The van der Waals surface area contributed by atoms with Crippen LogP contribution in [0.25, 0.3) is 27.9 Å². The number of hydrazone groups is 1. The number of carbonyl (C=O) groups is 1. The summed E-state index contributed by atoms with van der Waals surface area (Å²) in [4.78, 5) is 27.2. The number of H-pyrrole nitrogens is 1. The van der Waals surface area contributed by atoms with Crippen LogP contribution in [0.1, 0.15) is 21.6 Å². The van der Waals surface area contributed by atoms with Gasteiger partial charge in [0.05, 0.1) is 48.6 Å². The number of amides is 1. The number of nitrogens with one attached hydrogen (secondary N) is 1. The number of hydrogen-bond acceptors (Lipinski definition) is 8. The number of carbonyl (C=O) groups excluding carboxylic acids is 1. The molecular formula is C32H28F2N8O3. The molecule has 0 spiro atoms. The van der Waals surface area contributed by atoms with Crippen LogP contribution in [-0.2, 0) is 11.3 Å². The van der Waals surface area contributed by atoms with Crippen LogP contribution in [0.5, 0.6) is 0 Å². The fourth-order valence-corrected chi connectivity index (χ4v) is 5.07.